The van der Waals surface area contributed by atoms with E-state index in [0.29, 0.717) is 0 Å². The number of benzene rings is 1. The first kappa shape index (κ1) is 17.5. The second-order valence-corrected chi connectivity index (χ2v) is 5.31. The third-order valence-corrected chi connectivity index (χ3v) is 3.65. The fourth-order valence-corrected chi connectivity index (χ4v) is 1.87. The van der Waals surface area contributed by atoms with Crippen molar-refractivity contribution in [2.45, 2.75) is 26.3 Å². The minimum Gasteiger partial charge on any atom is -0.508 e. The summed E-state index contributed by atoms with van der Waals surface area (Å²) < 4.78 is 0. The molecule has 7 heteroatoms. The first-order chi connectivity index (χ1) is 10.2. The number of hydrogen-bond acceptors (Lipinski definition) is 4. The summed E-state index contributed by atoms with van der Waals surface area (Å²) >= 11 is 0. The highest BCUT2D eigenvalue weighted by molar-refractivity contribution is 5.90. The van der Waals surface area contributed by atoms with E-state index in [2.05, 4.69) is 5.32 Å². The van der Waals surface area contributed by atoms with Gasteiger partial charge in [-0.15, -0.1) is 0 Å². The number of primary amides is 2. The van der Waals surface area contributed by atoms with Gasteiger partial charge in [0.15, 0.2) is 0 Å². The zero-order chi connectivity index (χ0) is 16.9. The van der Waals surface area contributed by atoms with E-state index >= 15 is 0 Å². The molecule has 0 heterocycles. The van der Waals surface area contributed by atoms with Crippen LogP contribution in [0.25, 0.3) is 0 Å². The molecule has 0 aliphatic carbocycles. The van der Waals surface area contributed by atoms with Crippen LogP contribution in [0.5, 0.6) is 5.75 Å². The summed E-state index contributed by atoms with van der Waals surface area (Å²) in [5.41, 5.74) is 11.2. The number of carbonyl (C=O) groups is 3. The summed E-state index contributed by atoms with van der Waals surface area (Å²) in [6, 6.07) is 5.32. The summed E-state index contributed by atoms with van der Waals surface area (Å²) in [4.78, 5) is 34.7. The Bertz CT molecular complexity index is 556. The van der Waals surface area contributed by atoms with Gasteiger partial charge >= 0.3 is 0 Å². The van der Waals surface area contributed by atoms with E-state index in [1.807, 2.05) is 0 Å². The van der Waals surface area contributed by atoms with Gasteiger partial charge in [0, 0.05) is 18.3 Å². The lowest BCUT2D eigenvalue weighted by Gasteiger charge is -2.21. The number of hydrogen-bond donors (Lipinski definition) is 4. The van der Waals surface area contributed by atoms with Crippen LogP contribution in [0.3, 0.4) is 0 Å². The maximum Gasteiger partial charge on any atom is 0.240 e. The first-order valence-corrected chi connectivity index (χ1v) is 6.89. The van der Waals surface area contributed by atoms with Crippen molar-refractivity contribution >= 4 is 17.7 Å². The van der Waals surface area contributed by atoms with Crippen LogP contribution in [0.1, 0.15) is 19.4 Å². The van der Waals surface area contributed by atoms with Gasteiger partial charge in [-0.05, 0) is 17.7 Å². The predicted molar refractivity (Wildman–Crippen MR) is 80.5 cm³/mol. The molecule has 1 unspecified atom stereocenters. The fourth-order valence-electron chi connectivity index (χ4n) is 1.87. The topological polar surface area (TPSA) is 136 Å². The summed E-state index contributed by atoms with van der Waals surface area (Å²) in [7, 11) is 0. The summed E-state index contributed by atoms with van der Waals surface area (Å²) in [5.74, 6) is -2.94. The Morgan fingerprint density at radius 3 is 2.05 bits per heavy atom. The molecule has 0 fully saturated rings. The minimum atomic E-state index is -0.903. The second kappa shape index (κ2) is 7.44. The van der Waals surface area contributed by atoms with Crippen LogP contribution >= 0.6 is 0 Å². The highest BCUT2D eigenvalue weighted by atomic mass is 16.3. The van der Waals surface area contributed by atoms with E-state index in [1.165, 1.54) is 12.1 Å². The number of nitrogens with two attached hydrogens (primary N) is 2. The molecular weight excluding hydrogens is 286 g/mol. The average molecular weight is 307 g/mol. The van der Waals surface area contributed by atoms with Gasteiger partial charge in [-0.2, -0.15) is 0 Å². The molecular formula is C15H21N3O4. The number of carbonyl (C=O) groups excluding carboxylic acids is 3. The van der Waals surface area contributed by atoms with E-state index in [9.17, 15) is 19.5 Å². The van der Waals surface area contributed by atoms with Crippen LogP contribution in [0.4, 0.5) is 0 Å². The Hall–Kier alpha value is -2.57. The highest BCUT2D eigenvalue weighted by Crippen LogP contribution is 2.13. The first-order valence-electron chi connectivity index (χ1n) is 6.89. The van der Waals surface area contributed by atoms with E-state index in [4.69, 9.17) is 11.5 Å². The Balaban J connectivity index is 2.76. The number of amides is 3. The van der Waals surface area contributed by atoms with Crippen LogP contribution in [-0.2, 0) is 20.8 Å². The van der Waals surface area contributed by atoms with Crippen molar-refractivity contribution in [2.75, 3.05) is 0 Å². The Morgan fingerprint density at radius 1 is 1.05 bits per heavy atom. The number of nitrogens with one attached hydrogen (secondary N) is 1. The fraction of sp³-hybridized carbons (Fsp3) is 0.400. The zero-order valence-electron chi connectivity index (χ0n) is 12.6. The average Bonchev–Trinajstić information content (AvgIpc) is 2.46. The van der Waals surface area contributed by atoms with Crippen molar-refractivity contribution in [3.63, 3.8) is 0 Å². The SMILES string of the molecule is CC(C(N)=O)[C@H](C)C(=O)N[C@@H](Cc1ccc(O)cc1)C(N)=O. The van der Waals surface area contributed by atoms with E-state index < -0.39 is 35.6 Å². The monoisotopic (exact) mass is 307 g/mol. The molecule has 1 rings (SSSR count). The molecule has 120 valence electrons. The zero-order valence-corrected chi connectivity index (χ0v) is 12.6. The van der Waals surface area contributed by atoms with Crippen molar-refractivity contribution < 1.29 is 19.5 Å². The number of phenolic OH excluding ortho intramolecular Hbond substituents is 1. The summed E-state index contributed by atoms with van der Waals surface area (Å²) in [6.07, 6.45) is 0.193. The van der Waals surface area contributed by atoms with Crippen molar-refractivity contribution in [3.8, 4) is 5.75 Å². The minimum absolute atomic E-state index is 0.104. The largest absolute Gasteiger partial charge is 0.508 e. The molecule has 3 amide bonds. The van der Waals surface area contributed by atoms with Crippen LogP contribution in [0, 0.1) is 11.8 Å². The maximum atomic E-state index is 12.1. The van der Waals surface area contributed by atoms with Crippen LogP contribution < -0.4 is 16.8 Å². The third kappa shape index (κ3) is 4.76. The number of aromatic hydroxyl groups is 1. The van der Waals surface area contributed by atoms with Gasteiger partial charge in [0.25, 0.3) is 0 Å². The maximum absolute atomic E-state index is 12.1. The molecule has 22 heavy (non-hydrogen) atoms. The van der Waals surface area contributed by atoms with Gasteiger partial charge in [-0.25, -0.2) is 0 Å². The molecule has 1 aromatic rings. The van der Waals surface area contributed by atoms with Gasteiger partial charge in [-0.1, -0.05) is 26.0 Å². The number of rotatable bonds is 7. The molecule has 3 atom stereocenters. The van der Waals surface area contributed by atoms with Crippen molar-refractivity contribution in [1.82, 2.24) is 5.32 Å². The van der Waals surface area contributed by atoms with E-state index in [1.54, 1.807) is 26.0 Å². The molecule has 0 aliphatic heterocycles. The van der Waals surface area contributed by atoms with Crippen LogP contribution in [0.2, 0.25) is 0 Å². The van der Waals surface area contributed by atoms with Gasteiger partial charge < -0.3 is 21.9 Å². The van der Waals surface area contributed by atoms with Crippen LogP contribution in [-0.4, -0.2) is 28.9 Å². The molecule has 7 nitrogen and oxygen atoms in total. The molecule has 0 saturated carbocycles. The van der Waals surface area contributed by atoms with Crippen molar-refractivity contribution in [3.05, 3.63) is 29.8 Å². The lowest BCUT2D eigenvalue weighted by atomic mass is 9.94. The van der Waals surface area contributed by atoms with Gasteiger partial charge in [0.1, 0.15) is 11.8 Å². The quantitative estimate of drug-likeness (QED) is 0.548. The molecule has 0 radical (unpaired) electrons. The Kier molecular flexibility index (Phi) is 5.91. The van der Waals surface area contributed by atoms with Crippen LogP contribution in [0.15, 0.2) is 24.3 Å². The molecule has 0 aliphatic rings. The third-order valence-electron chi connectivity index (χ3n) is 3.65. The van der Waals surface area contributed by atoms with Crippen molar-refractivity contribution in [2.24, 2.45) is 23.3 Å². The molecule has 0 bridgehead atoms. The Labute approximate surface area is 128 Å². The lowest BCUT2D eigenvalue weighted by Crippen LogP contribution is -2.49. The normalized spacial score (nSPS) is 14.6. The van der Waals surface area contributed by atoms with Gasteiger partial charge in [0.05, 0.1) is 0 Å². The molecule has 0 saturated heterocycles. The number of phenols is 1. The Morgan fingerprint density at radius 2 is 1.59 bits per heavy atom. The smallest absolute Gasteiger partial charge is 0.240 e. The van der Waals surface area contributed by atoms with E-state index in [-0.39, 0.29) is 12.2 Å². The van der Waals surface area contributed by atoms with Gasteiger partial charge in [-0.3, -0.25) is 14.4 Å². The van der Waals surface area contributed by atoms with Crippen molar-refractivity contribution in [1.29, 1.82) is 0 Å². The molecule has 0 spiro atoms. The summed E-state index contributed by atoms with van der Waals surface area (Å²) in [6.45, 7) is 3.11. The molecule has 1 aromatic carbocycles. The van der Waals surface area contributed by atoms with Gasteiger partial charge in [0.2, 0.25) is 17.7 Å². The lowest BCUT2D eigenvalue weighted by molar-refractivity contribution is -0.134. The summed E-state index contributed by atoms with van der Waals surface area (Å²) in [5, 5.41) is 11.8. The highest BCUT2D eigenvalue weighted by Gasteiger charge is 2.27. The molecule has 6 N–H and O–H groups in total. The van der Waals surface area contributed by atoms with E-state index in [0.717, 1.165) is 5.56 Å². The second-order valence-electron chi connectivity index (χ2n) is 5.31. The standard InChI is InChI=1S/C15H21N3O4/c1-8(13(16)20)9(2)15(22)18-12(14(17)21)7-10-3-5-11(19)6-4-10/h3-6,8-9,12,19H,7H2,1-2H3,(H2,16,20)(H2,17,21)(H,18,22)/t8?,9-,12-/m0/s1. The molecule has 0 aromatic heterocycles. The predicted octanol–water partition coefficient (Wildman–Crippen LogP) is -0.338.